The summed E-state index contributed by atoms with van der Waals surface area (Å²) in [5, 5.41) is 6.72. The summed E-state index contributed by atoms with van der Waals surface area (Å²) in [5.74, 6) is 1.77. The van der Waals surface area contributed by atoms with Gasteiger partial charge in [0.1, 0.15) is 5.75 Å². The van der Waals surface area contributed by atoms with Gasteiger partial charge in [-0.05, 0) is 45.2 Å². The van der Waals surface area contributed by atoms with Gasteiger partial charge in [0.05, 0.1) is 26.4 Å². The number of aryl methyl sites for hydroxylation is 1. The summed E-state index contributed by atoms with van der Waals surface area (Å²) in [6.07, 6.45) is 4.26. The summed E-state index contributed by atoms with van der Waals surface area (Å²) in [5.41, 5.74) is 3.77. The SMILES string of the molecule is CCNC(=NCc1ccc(C)cc1OCC)NCCC1=CCOCC1.I. The van der Waals surface area contributed by atoms with E-state index >= 15 is 0 Å². The molecule has 26 heavy (non-hydrogen) atoms. The van der Waals surface area contributed by atoms with Crippen LogP contribution in [0.15, 0.2) is 34.8 Å². The van der Waals surface area contributed by atoms with E-state index in [1.165, 1.54) is 11.1 Å². The van der Waals surface area contributed by atoms with Crippen molar-refractivity contribution < 1.29 is 9.47 Å². The van der Waals surface area contributed by atoms with Gasteiger partial charge in [-0.3, -0.25) is 0 Å². The van der Waals surface area contributed by atoms with Gasteiger partial charge >= 0.3 is 0 Å². The monoisotopic (exact) mass is 473 g/mol. The predicted octanol–water partition coefficient (Wildman–Crippen LogP) is 3.80. The van der Waals surface area contributed by atoms with Crippen LogP contribution in [-0.2, 0) is 11.3 Å². The lowest BCUT2D eigenvalue weighted by atomic mass is 10.1. The molecule has 1 aliphatic rings. The molecule has 2 rings (SSSR count). The highest BCUT2D eigenvalue weighted by molar-refractivity contribution is 14.0. The molecular formula is C20H32IN3O2. The Morgan fingerprint density at radius 1 is 1.27 bits per heavy atom. The molecule has 0 bridgehead atoms. The van der Waals surface area contributed by atoms with Crippen molar-refractivity contribution in [1.82, 2.24) is 10.6 Å². The molecule has 1 aromatic rings. The Labute approximate surface area is 174 Å². The van der Waals surface area contributed by atoms with E-state index < -0.39 is 0 Å². The van der Waals surface area contributed by atoms with Gasteiger partial charge in [-0.2, -0.15) is 0 Å². The van der Waals surface area contributed by atoms with Crippen molar-refractivity contribution in [3.63, 3.8) is 0 Å². The average Bonchev–Trinajstić information content (AvgIpc) is 2.62. The standard InChI is InChI=1S/C20H31N3O2.HI/c1-4-21-20(22-11-8-17-9-12-24-13-10-17)23-15-18-7-6-16(3)14-19(18)25-5-2;/h6-7,9,14H,4-5,8,10-13,15H2,1-3H3,(H2,21,22,23);1H. The summed E-state index contributed by atoms with van der Waals surface area (Å²) in [6, 6.07) is 6.28. The Balaban J connectivity index is 0.00000338. The number of nitrogens with zero attached hydrogens (tertiary/aromatic N) is 1. The summed E-state index contributed by atoms with van der Waals surface area (Å²) in [4.78, 5) is 4.71. The highest BCUT2D eigenvalue weighted by Crippen LogP contribution is 2.21. The van der Waals surface area contributed by atoms with E-state index in [4.69, 9.17) is 14.5 Å². The molecule has 0 aliphatic carbocycles. The van der Waals surface area contributed by atoms with Crippen molar-refractivity contribution in [2.45, 2.75) is 40.2 Å². The molecule has 0 unspecified atom stereocenters. The van der Waals surface area contributed by atoms with Crippen LogP contribution in [0.5, 0.6) is 5.75 Å². The number of guanidine groups is 1. The molecule has 146 valence electrons. The Hall–Kier alpha value is -1.28. The zero-order valence-electron chi connectivity index (χ0n) is 16.1. The van der Waals surface area contributed by atoms with Crippen LogP contribution < -0.4 is 15.4 Å². The van der Waals surface area contributed by atoms with E-state index in [-0.39, 0.29) is 24.0 Å². The number of hydrogen-bond donors (Lipinski definition) is 2. The summed E-state index contributed by atoms with van der Waals surface area (Å²) >= 11 is 0. The first kappa shape index (κ1) is 22.8. The zero-order valence-corrected chi connectivity index (χ0v) is 18.5. The third-order valence-corrected chi connectivity index (χ3v) is 4.07. The molecule has 0 saturated carbocycles. The molecule has 0 radical (unpaired) electrons. The fourth-order valence-corrected chi connectivity index (χ4v) is 2.72. The average molecular weight is 473 g/mol. The molecule has 0 fully saturated rings. The summed E-state index contributed by atoms with van der Waals surface area (Å²) in [7, 11) is 0. The molecule has 0 spiro atoms. The molecule has 5 nitrogen and oxygen atoms in total. The van der Waals surface area contributed by atoms with Crippen molar-refractivity contribution in [3.05, 3.63) is 41.0 Å². The molecule has 1 aromatic carbocycles. The Bertz CT molecular complexity index is 603. The number of benzene rings is 1. The number of rotatable bonds is 8. The lowest BCUT2D eigenvalue weighted by Gasteiger charge is -2.16. The Morgan fingerprint density at radius 2 is 2.12 bits per heavy atom. The zero-order chi connectivity index (χ0) is 17.9. The van der Waals surface area contributed by atoms with E-state index in [2.05, 4.69) is 48.8 Å². The lowest BCUT2D eigenvalue weighted by molar-refractivity contribution is 0.153. The minimum atomic E-state index is 0. The second kappa shape index (κ2) is 13.0. The van der Waals surface area contributed by atoms with Crippen molar-refractivity contribution in [2.24, 2.45) is 4.99 Å². The van der Waals surface area contributed by atoms with Crippen LogP contribution in [0, 0.1) is 6.92 Å². The maximum absolute atomic E-state index is 5.74. The lowest BCUT2D eigenvalue weighted by Crippen LogP contribution is -2.38. The van der Waals surface area contributed by atoms with Crippen LogP contribution in [0.25, 0.3) is 0 Å². The molecule has 2 N–H and O–H groups in total. The minimum Gasteiger partial charge on any atom is -0.494 e. The largest absolute Gasteiger partial charge is 0.494 e. The number of nitrogens with one attached hydrogen (secondary N) is 2. The second-order valence-electron chi connectivity index (χ2n) is 6.10. The first-order valence-corrected chi connectivity index (χ1v) is 9.23. The van der Waals surface area contributed by atoms with Crippen LogP contribution in [0.2, 0.25) is 0 Å². The Kier molecular flexibility index (Phi) is 11.4. The number of hydrogen-bond acceptors (Lipinski definition) is 3. The maximum Gasteiger partial charge on any atom is 0.191 e. The molecule has 1 aliphatic heterocycles. The van der Waals surface area contributed by atoms with E-state index in [9.17, 15) is 0 Å². The van der Waals surface area contributed by atoms with Gasteiger partial charge in [0, 0.05) is 18.7 Å². The van der Waals surface area contributed by atoms with Crippen molar-refractivity contribution in [2.75, 3.05) is 32.9 Å². The third-order valence-electron chi connectivity index (χ3n) is 4.07. The van der Waals surface area contributed by atoms with Crippen LogP contribution in [0.1, 0.15) is 37.8 Å². The molecule has 0 atom stereocenters. The quantitative estimate of drug-likeness (QED) is 0.261. The van der Waals surface area contributed by atoms with E-state index in [0.717, 1.165) is 56.4 Å². The molecular weight excluding hydrogens is 441 g/mol. The van der Waals surface area contributed by atoms with Crippen LogP contribution >= 0.6 is 24.0 Å². The van der Waals surface area contributed by atoms with E-state index in [1.54, 1.807) is 0 Å². The topological polar surface area (TPSA) is 54.9 Å². The van der Waals surface area contributed by atoms with Gasteiger partial charge in [0.15, 0.2) is 5.96 Å². The van der Waals surface area contributed by atoms with Gasteiger partial charge in [-0.1, -0.05) is 23.8 Å². The van der Waals surface area contributed by atoms with Gasteiger partial charge in [0.25, 0.3) is 0 Å². The number of ether oxygens (including phenoxy) is 2. The number of halogens is 1. The third kappa shape index (κ3) is 7.95. The normalized spacial score (nSPS) is 14.3. The first-order chi connectivity index (χ1) is 12.2. The van der Waals surface area contributed by atoms with Gasteiger partial charge < -0.3 is 20.1 Å². The maximum atomic E-state index is 5.74. The Morgan fingerprint density at radius 3 is 2.81 bits per heavy atom. The first-order valence-electron chi connectivity index (χ1n) is 9.23. The predicted molar refractivity (Wildman–Crippen MR) is 119 cm³/mol. The van der Waals surface area contributed by atoms with Gasteiger partial charge in [-0.15, -0.1) is 24.0 Å². The van der Waals surface area contributed by atoms with Crippen LogP contribution in [0.3, 0.4) is 0 Å². The minimum absolute atomic E-state index is 0. The second-order valence-corrected chi connectivity index (χ2v) is 6.10. The molecule has 0 saturated heterocycles. The fraction of sp³-hybridized carbons (Fsp3) is 0.550. The smallest absolute Gasteiger partial charge is 0.191 e. The molecule has 0 aromatic heterocycles. The summed E-state index contributed by atoms with van der Waals surface area (Å²) < 4.78 is 11.1. The van der Waals surface area contributed by atoms with Crippen molar-refractivity contribution >= 4 is 29.9 Å². The van der Waals surface area contributed by atoms with Gasteiger partial charge in [-0.25, -0.2) is 4.99 Å². The molecule has 0 amide bonds. The fourth-order valence-electron chi connectivity index (χ4n) is 2.72. The number of aliphatic imine (C=N–C) groups is 1. The summed E-state index contributed by atoms with van der Waals surface area (Å²) in [6.45, 7) is 10.7. The highest BCUT2D eigenvalue weighted by Gasteiger charge is 2.06. The van der Waals surface area contributed by atoms with Crippen molar-refractivity contribution in [1.29, 1.82) is 0 Å². The van der Waals surface area contributed by atoms with E-state index in [1.807, 2.05) is 6.92 Å². The van der Waals surface area contributed by atoms with Gasteiger partial charge in [0.2, 0.25) is 0 Å². The van der Waals surface area contributed by atoms with Crippen LogP contribution in [-0.4, -0.2) is 38.9 Å². The van der Waals surface area contributed by atoms with Crippen LogP contribution in [0.4, 0.5) is 0 Å². The van der Waals surface area contributed by atoms with Crippen molar-refractivity contribution in [3.8, 4) is 5.75 Å². The molecule has 6 heteroatoms. The molecule has 1 heterocycles. The van der Waals surface area contributed by atoms with E-state index in [0.29, 0.717) is 13.2 Å². The highest BCUT2D eigenvalue weighted by atomic mass is 127.